The summed E-state index contributed by atoms with van der Waals surface area (Å²) in [5.74, 6) is 0. The van der Waals surface area contributed by atoms with E-state index >= 15 is 0 Å². The van der Waals surface area contributed by atoms with Crippen molar-refractivity contribution >= 4 is 37.7 Å². The van der Waals surface area contributed by atoms with Crippen LogP contribution in [0.5, 0.6) is 0 Å². The minimum absolute atomic E-state index is 0. The quantitative estimate of drug-likeness (QED) is 0.401. The van der Waals surface area contributed by atoms with Gasteiger partial charge in [-0.25, -0.2) is 0 Å². The molecule has 0 rings (SSSR count). The second kappa shape index (κ2) is 14.8. The Balaban J connectivity index is -0.000000167. The normalized spacial score (nSPS) is 9.50. The van der Waals surface area contributed by atoms with Crippen molar-refractivity contribution in [2.75, 3.05) is 0 Å². The molecular formula is C11H26Ca. The van der Waals surface area contributed by atoms with Gasteiger partial charge >= 0.3 is 37.7 Å². The number of hydrogen-bond donors (Lipinski definition) is 0. The van der Waals surface area contributed by atoms with Gasteiger partial charge in [-0.1, -0.05) is 71.6 Å². The minimum atomic E-state index is 0. The van der Waals surface area contributed by atoms with E-state index in [-0.39, 0.29) is 40.6 Å². The summed E-state index contributed by atoms with van der Waals surface area (Å²) in [5.41, 5.74) is 0. The van der Waals surface area contributed by atoms with E-state index in [1.165, 1.54) is 57.8 Å². The summed E-state index contributed by atoms with van der Waals surface area (Å²) in [7, 11) is 0. The minimum Gasteiger partial charge on any atom is -1.00 e. The molecule has 0 atom stereocenters. The molecule has 0 fully saturated rings. The molecule has 0 nitrogen and oxygen atoms in total. The fourth-order valence-electron chi connectivity index (χ4n) is 1.38. The maximum Gasteiger partial charge on any atom is 2.00 e. The van der Waals surface area contributed by atoms with Gasteiger partial charge in [-0.15, -0.1) is 0 Å². The maximum atomic E-state index is 2.27. The Morgan fingerprint density at radius 2 is 0.833 bits per heavy atom. The van der Waals surface area contributed by atoms with Crippen molar-refractivity contribution in [3.05, 3.63) is 0 Å². The van der Waals surface area contributed by atoms with Crippen LogP contribution in [0.4, 0.5) is 0 Å². The molecule has 12 heavy (non-hydrogen) atoms. The molecule has 1 heteroatoms. The van der Waals surface area contributed by atoms with E-state index in [1.807, 2.05) is 0 Å². The molecule has 0 aromatic rings. The van der Waals surface area contributed by atoms with E-state index in [9.17, 15) is 0 Å². The Morgan fingerprint density at radius 1 is 0.583 bits per heavy atom. The zero-order valence-corrected chi connectivity index (χ0v) is 11.3. The molecule has 72 valence electrons. The van der Waals surface area contributed by atoms with Crippen LogP contribution in [-0.2, 0) is 0 Å². The molecule has 0 aliphatic heterocycles. The Bertz CT molecular complexity index is 62.3. The van der Waals surface area contributed by atoms with Crippen molar-refractivity contribution in [3.8, 4) is 0 Å². The molecule has 0 N–H and O–H groups in total. The van der Waals surface area contributed by atoms with Gasteiger partial charge in [0.1, 0.15) is 0 Å². The summed E-state index contributed by atoms with van der Waals surface area (Å²) in [4.78, 5) is 0. The Morgan fingerprint density at radius 3 is 1.08 bits per heavy atom. The van der Waals surface area contributed by atoms with Gasteiger partial charge < -0.3 is 2.85 Å². The molecule has 0 aliphatic rings. The average Bonchev–Trinajstić information content (AvgIpc) is 2.03. The zero-order valence-electron chi connectivity index (χ0n) is 11.1. The van der Waals surface area contributed by atoms with Crippen molar-refractivity contribution in [1.82, 2.24) is 0 Å². The predicted octanol–water partition coefficient (Wildman–Crippen LogP) is 4.38. The fraction of sp³-hybridized carbons (Fsp3) is 1.00. The number of hydrogen-bond acceptors (Lipinski definition) is 0. The van der Waals surface area contributed by atoms with Gasteiger partial charge in [-0.3, -0.25) is 0 Å². The fourth-order valence-corrected chi connectivity index (χ4v) is 1.38. The van der Waals surface area contributed by atoms with Crippen LogP contribution < -0.4 is 0 Å². The van der Waals surface area contributed by atoms with Crippen LogP contribution in [-0.4, -0.2) is 37.7 Å². The summed E-state index contributed by atoms with van der Waals surface area (Å²) in [6.45, 7) is 4.55. The van der Waals surface area contributed by atoms with Crippen molar-refractivity contribution in [3.63, 3.8) is 0 Å². The third kappa shape index (κ3) is 13.8. The van der Waals surface area contributed by atoms with E-state index < -0.39 is 0 Å². The van der Waals surface area contributed by atoms with Crippen molar-refractivity contribution in [2.45, 2.75) is 71.6 Å². The van der Waals surface area contributed by atoms with Gasteiger partial charge in [-0.2, -0.15) is 0 Å². The van der Waals surface area contributed by atoms with Gasteiger partial charge in [-0.05, 0) is 0 Å². The molecule has 0 amide bonds. The average molecular weight is 198 g/mol. The summed E-state index contributed by atoms with van der Waals surface area (Å²) in [6, 6.07) is 0. The Hall–Kier alpha value is 1.26. The largest absolute Gasteiger partial charge is 2.00 e. The van der Waals surface area contributed by atoms with Crippen LogP contribution in [0, 0.1) is 0 Å². The predicted molar refractivity (Wildman–Crippen MR) is 60.9 cm³/mol. The first-order chi connectivity index (χ1) is 5.41. The summed E-state index contributed by atoms with van der Waals surface area (Å²) in [6.07, 6.45) is 13.0. The van der Waals surface area contributed by atoms with E-state index in [2.05, 4.69) is 13.8 Å². The van der Waals surface area contributed by atoms with Crippen molar-refractivity contribution < 1.29 is 2.85 Å². The van der Waals surface area contributed by atoms with Crippen LogP contribution in [0.15, 0.2) is 0 Å². The number of unbranched alkanes of at least 4 members (excludes halogenated alkanes) is 8. The first-order valence-corrected chi connectivity index (χ1v) is 5.41. The molecule has 0 spiro atoms. The Kier molecular flexibility index (Phi) is 19.3. The second-order valence-electron chi connectivity index (χ2n) is 3.47. The first kappa shape index (κ1) is 15.7. The first-order valence-electron chi connectivity index (χ1n) is 5.41. The monoisotopic (exact) mass is 198 g/mol. The molecule has 0 bridgehead atoms. The summed E-state index contributed by atoms with van der Waals surface area (Å²) < 4.78 is 0. The molecule has 0 saturated carbocycles. The molecule has 0 radical (unpaired) electrons. The van der Waals surface area contributed by atoms with Gasteiger partial charge in [0.15, 0.2) is 0 Å². The maximum absolute atomic E-state index is 2.27. The zero-order chi connectivity index (χ0) is 8.36. The van der Waals surface area contributed by atoms with Crippen LogP contribution in [0.2, 0.25) is 0 Å². The van der Waals surface area contributed by atoms with Crippen LogP contribution in [0.3, 0.4) is 0 Å². The van der Waals surface area contributed by atoms with E-state index in [0.717, 1.165) is 0 Å². The smallest absolute Gasteiger partial charge is 1.00 e. The van der Waals surface area contributed by atoms with E-state index in [4.69, 9.17) is 0 Å². The van der Waals surface area contributed by atoms with E-state index in [1.54, 1.807) is 0 Å². The summed E-state index contributed by atoms with van der Waals surface area (Å²) >= 11 is 0. The molecule has 0 unspecified atom stereocenters. The molecule has 0 saturated heterocycles. The molecule has 0 aromatic carbocycles. The topological polar surface area (TPSA) is 0 Å². The SMILES string of the molecule is CCCCCCCCCCC.[Ca+2].[H-].[H-]. The third-order valence-electron chi connectivity index (χ3n) is 2.21. The van der Waals surface area contributed by atoms with Gasteiger partial charge in [0.2, 0.25) is 0 Å². The molecule has 0 aliphatic carbocycles. The number of rotatable bonds is 8. The summed E-state index contributed by atoms with van der Waals surface area (Å²) in [5, 5.41) is 0. The van der Waals surface area contributed by atoms with Crippen molar-refractivity contribution in [2.24, 2.45) is 0 Å². The van der Waals surface area contributed by atoms with Gasteiger partial charge in [0, 0.05) is 0 Å². The second-order valence-corrected chi connectivity index (χ2v) is 3.47. The third-order valence-corrected chi connectivity index (χ3v) is 2.21. The Labute approximate surface area is 111 Å². The standard InChI is InChI=1S/C11H24.Ca.2H/c1-3-5-7-9-11-10-8-6-4-2;;;/h3-11H2,1-2H3;;;/q;+2;2*-1. The van der Waals surface area contributed by atoms with Crippen LogP contribution in [0.25, 0.3) is 0 Å². The van der Waals surface area contributed by atoms with Gasteiger partial charge in [0.25, 0.3) is 0 Å². The molecular weight excluding hydrogens is 172 g/mol. The van der Waals surface area contributed by atoms with Gasteiger partial charge in [0.05, 0.1) is 0 Å². The molecule has 0 heterocycles. The molecule has 0 aromatic heterocycles. The van der Waals surface area contributed by atoms with E-state index in [0.29, 0.717) is 0 Å². The van der Waals surface area contributed by atoms with Crippen molar-refractivity contribution in [1.29, 1.82) is 0 Å². The van der Waals surface area contributed by atoms with Crippen LogP contribution >= 0.6 is 0 Å². The van der Waals surface area contributed by atoms with Crippen LogP contribution in [0.1, 0.15) is 74.5 Å².